The number of amidine groups is 1. The average Bonchev–Trinajstić information content (AvgIpc) is 2.70. The summed E-state index contributed by atoms with van der Waals surface area (Å²) in [5.41, 5.74) is 8.74. The second-order valence-electron chi connectivity index (χ2n) is 8.55. The molecule has 1 saturated carbocycles. The Balaban J connectivity index is 1.77. The van der Waals surface area contributed by atoms with Gasteiger partial charge >= 0.3 is 0 Å². The van der Waals surface area contributed by atoms with Crippen molar-refractivity contribution in [2.75, 3.05) is 13.1 Å². The van der Waals surface area contributed by atoms with Crippen molar-refractivity contribution in [2.45, 2.75) is 52.4 Å². The van der Waals surface area contributed by atoms with E-state index < -0.39 is 17.2 Å². The highest BCUT2D eigenvalue weighted by Gasteiger charge is 2.47. The van der Waals surface area contributed by atoms with Gasteiger partial charge in [0.2, 0.25) is 0 Å². The molecule has 0 bridgehead atoms. The Kier molecular flexibility index (Phi) is 6.40. The molecule has 3 N–H and O–H groups in total. The van der Waals surface area contributed by atoms with E-state index in [-0.39, 0.29) is 17.4 Å². The van der Waals surface area contributed by atoms with Gasteiger partial charge in [0.15, 0.2) is 5.84 Å². The van der Waals surface area contributed by atoms with Crippen LogP contribution in [0.2, 0.25) is 0 Å². The van der Waals surface area contributed by atoms with Crippen LogP contribution in [-0.2, 0) is 14.4 Å². The second-order valence-corrected chi connectivity index (χ2v) is 8.55. The Morgan fingerprint density at radius 3 is 2.23 bits per heavy atom. The van der Waals surface area contributed by atoms with Crippen LogP contribution < -0.4 is 5.73 Å². The molecule has 2 aliphatic rings. The molecule has 0 aromatic heterocycles. The molecule has 162 valence electrons. The molecule has 1 heterocycles. The molecule has 1 aliphatic carbocycles. The molecule has 1 saturated heterocycles. The average molecular weight is 421 g/mol. The van der Waals surface area contributed by atoms with Crippen molar-refractivity contribution < 1.29 is 14.4 Å². The van der Waals surface area contributed by atoms with Crippen molar-refractivity contribution in [3.63, 3.8) is 0 Å². The number of nitrogens with zero attached hydrogens (tertiary/aromatic N) is 2. The first-order valence-electron chi connectivity index (χ1n) is 10.4. The van der Waals surface area contributed by atoms with Crippen LogP contribution >= 0.6 is 0 Å². The molecule has 0 radical (unpaired) electrons. The van der Waals surface area contributed by atoms with Gasteiger partial charge in [-0.25, -0.2) is 4.99 Å². The number of nitrogens with one attached hydrogen (secondary N) is 1. The van der Waals surface area contributed by atoms with Gasteiger partial charge in [-0.05, 0) is 67.9 Å². The lowest BCUT2D eigenvalue weighted by Gasteiger charge is -2.44. The Bertz CT molecular complexity index is 994. The van der Waals surface area contributed by atoms with E-state index in [9.17, 15) is 14.4 Å². The minimum atomic E-state index is -0.718. The third kappa shape index (κ3) is 4.43. The number of hydrogen-bond donors (Lipinski definition) is 2. The Morgan fingerprint density at radius 2 is 1.74 bits per heavy atom. The summed E-state index contributed by atoms with van der Waals surface area (Å²) >= 11 is 0. The van der Waals surface area contributed by atoms with Gasteiger partial charge in [0.05, 0.1) is 0 Å². The van der Waals surface area contributed by atoms with Gasteiger partial charge in [-0.1, -0.05) is 5.92 Å². The van der Waals surface area contributed by atoms with E-state index in [1.54, 1.807) is 11.8 Å². The predicted octanol–water partition coefficient (Wildman–Crippen LogP) is 2.26. The number of nitrogens with two attached hydrogens (primary N) is 1. The fourth-order valence-electron chi connectivity index (χ4n) is 4.98. The van der Waals surface area contributed by atoms with Gasteiger partial charge < -0.3 is 10.6 Å². The second kappa shape index (κ2) is 8.84. The molecule has 2 fully saturated rings. The van der Waals surface area contributed by atoms with Crippen LogP contribution in [0.1, 0.15) is 60.8 Å². The Labute approximate surface area is 182 Å². The van der Waals surface area contributed by atoms with Gasteiger partial charge in [-0.15, -0.1) is 5.92 Å². The van der Waals surface area contributed by atoms with Crippen molar-refractivity contribution in [1.29, 1.82) is 5.41 Å². The lowest BCUT2D eigenvalue weighted by atomic mass is 9.62. The van der Waals surface area contributed by atoms with Crippen LogP contribution in [0, 0.1) is 36.5 Å². The molecule has 1 aromatic carbocycles. The largest absolute Gasteiger partial charge is 0.379 e. The Hall–Kier alpha value is -3.27. The monoisotopic (exact) mass is 420 g/mol. The summed E-state index contributed by atoms with van der Waals surface area (Å²) in [5, 5.41) is 6.95. The van der Waals surface area contributed by atoms with Gasteiger partial charge in [0.1, 0.15) is 23.8 Å². The molecule has 1 aliphatic heterocycles. The number of likely N-dealkylation sites (tertiary alicyclic amines) is 1. The molecular formula is C24H28N4O3. The summed E-state index contributed by atoms with van der Waals surface area (Å²) in [7, 11) is 0. The van der Waals surface area contributed by atoms with Gasteiger partial charge in [-0.2, -0.15) is 0 Å². The number of benzene rings is 1. The molecule has 7 heteroatoms. The zero-order chi connectivity index (χ0) is 22.8. The predicted molar refractivity (Wildman–Crippen MR) is 119 cm³/mol. The summed E-state index contributed by atoms with van der Waals surface area (Å²) in [6.07, 6.45) is 2.56. The number of piperidine rings is 1. The van der Waals surface area contributed by atoms with Crippen molar-refractivity contribution in [1.82, 2.24) is 4.90 Å². The highest BCUT2D eigenvalue weighted by Crippen LogP contribution is 2.46. The van der Waals surface area contributed by atoms with E-state index in [2.05, 4.69) is 16.8 Å². The van der Waals surface area contributed by atoms with Crippen LogP contribution in [0.15, 0.2) is 17.1 Å². The van der Waals surface area contributed by atoms with Crippen LogP contribution in [0.25, 0.3) is 0 Å². The van der Waals surface area contributed by atoms with Crippen LogP contribution in [-0.4, -0.2) is 47.6 Å². The molecule has 1 aromatic rings. The number of aryl methyl sites for hydroxylation is 2. The van der Waals surface area contributed by atoms with Gasteiger partial charge in [0, 0.05) is 31.5 Å². The first-order valence-corrected chi connectivity index (χ1v) is 10.4. The molecule has 1 spiro atoms. The summed E-state index contributed by atoms with van der Waals surface area (Å²) in [6, 6.07) is 3.88. The SMILES string of the molecule is CC#Cc1cc(C)c(C2C(=O)CC3(CCN(C(=O)C(N)=NC=N)CC3)CC2=O)c(C)c1. The number of carbonyl (C=O) groups is 3. The summed E-state index contributed by atoms with van der Waals surface area (Å²) < 4.78 is 0. The standard InChI is InChI=1S/C24H28N4O3/c1-4-5-17-10-15(2)20(16(3)11-17)21-18(29)12-24(13-19(21)30)6-8-28(9-7-24)23(31)22(26)27-14-25/h10-11,14,21H,6-9,12-13H2,1-3H3,(H3,25,26,27). The normalized spacial score (nSPS) is 19.2. The van der Waals surface area contributed by atoms with E-state index in [0.29, 0.717) is 38.8 Å². The van der Waals surface area contributed by atoms with Crippen molar-refractivity contribution in [3.05, 3.63) is 34.4 Å². The minimum absolute atomic E-state index is 0.0403. The molecule has 0 unspecified atom stereocenters. The highest BCUT2D eigenvalue weighted by molar-refractivity contribution is 6.38. The lowest BCUT2D eigenvalue weighted by Crippen LogP contribution is -2.50. The quantitative estimate of drug-likeness (QED) is 0.330. The fourth-order valence-corrected chi connectivity index (χ4v) is 4.98. The van der Waals surface area contributed by atoms with Crippen LogP contribution in [0.4, 0.5) is 0 Å². The number of rotatable bonds is 2. The molecule has 7 nitrogen and oxygen atoms in total. The topological polar surface area (TPSA) is 117 Å². The zero-order valence-corrected chi connectivity index (χ0v) is 18.2. The third-order valence-corrected chi connectivity index (χ3v) is 6.43. The smallest absolute Gasteiger partial charge is 0.289 e. The fraction of sp³-hybridized carbons (Fsp3) is 0.458. The maximum absolute atomic E-state index is 13.2. The molecule has 3 rings (SSSR count). The number of Topliss-reactive ketones (excluding diaryl/α,β-unsaturated/α-hetero) is 2. The highest BCUT2D eigenvalue weighted by atomic mass is 16.2. The first kappa shape index (κ1) is 22.4. The molecule has 31 heavy (non-hydrogen) atoms. The maximum Gasteiger partial charge on any atom is 0.289 e. The molecular weight excluding hydrogens is 392 g/mol. The molecule has 1 amide bonds. The first-order chi connectivity index (χ1) is 14.7. The van der Waals surface area contributed by atoms with Crippen molar-refractivity contribution in [2.24, 2.45) is 16.1 Å². The van der Waals surface area contributed by atoms with E-state index in [1.807, 2.05) is 26.0 Å². The van der Waals surface area contributed by atoms with Crippen LogP contribution in [0.3, 0.4) is 0 Å². The summed E-state index contributed by atoms with van der Waals surface area (Å²) in [4.78, 5) is 43.8. The van der Waals surface area contributed by atoms with E-state index in [1.165, 1.54) is 0 Å². The van der Waals surface area contributed by atoms with E-state index >= 15 is 0 Å². The van der Waals surface area contributed by atoms with Crippen molar-refractivity contribution >= 4 is 29.6 Å². The minimum Gasteiger partial charge on any atom is -0.379 e. The van der Waals surface area contributed by atoms with E-state index in [4.69, 9.17) is 11.1 Å². The summed E-state index contributed by atoms with van der Waals surface area (Å²) in [6.45, 7) is 6.47. The number of carbonyl (C=O) groups excluding carboxylic acids is 3. The maximum atomic E-state index is 13.2. The van der Waals surface area contributed by atoms with Crippen LogP contribution in [0.5, 0.6) is 0 Å². The third-order valence-electron chi connectivity index (χ3n) is 6.43. The number of ketones is 2. The number of hydrogen-bond acceptors (Lipinski definition) is 4. The summed E-state index contributed by atoms with van der Waals surface area (Å²) in [5.74, 6) is 4.49. The van der Waals surface area contributed by atoms with Gasteiger partial charge in [0.25, 0.3) is 5.91 Å². The van der Waals surface area contributed by atoms with Crippen molar-refractivity contribution in [3.8, 4) is 11.8 Å². The lowest BCUT2D eigenvalue weighted by molar-refractivity contribution is -0.139. The zero-order valence-electron chi connectivity index (χ0n) is 18.2. The van der Waals surface area contributed by atoms with E-state index in [0.717, 1.165) is 28.6 Å². The molecule has 0 atom stereocenters. The Morgan fingerprint density at radius 1 is 1.19 bits per heavy atom. The number of aliphatic imine (C=N–C) groups is 1. The van der Waals surface area contributed by atoms with Gasteiger partial charge in [-0.3, -0.25) is 19.8 Å². The number of amides is 1.